The molecule has 1 atom stereocenters. The second kappa shape index (κ2) is 10.6. The van der Waals surface area contributed by atoms with Gasteiger partial charge in [-0.2, -0.15) is 0 Å². The van der Waals surface area contributed by atoms with Crippen LogP contribution in [0.5, 0.6) is 0 Å². The summed E-state index contributed by atoms with van der Waals surface area (Å²) >= 11 is 0. The Bertz CT molecular complexity index is 903. The van der Waals surface area contributed by atoms with Crippen LogP contribution in [0, 0.1) is 18.3 Å². The van der Waals surface area contributed by atoms with Crippen molar-refractivity contribution in [1.29, 1.82) is 0 Å². The first-order valence-corrected chi connectivity index (χ1v) is 11.6. The molecule has 0 radical (unpaired) electrons. The number of ether oxygens (including phenoxy) is 1. The molecule has 31 heavy (non-hydrogen) atoms. The van der Waals surface area contributed by atoms with Gasteiger partial charge in [0.05, 0.1) is 12.6 Å². The van der Waals surface area contributed by atoms with E-state index in [1.54, 1.807) is 0 Å². The molecule has 1 unspecified atom stereocenters. The number of benzene rings is 1. The van der Waals surface area contributed by atoms with Crippen LogP contribution in [-0.4, -0.2) is 17.7 Å². The predicted molar refractivity (Wildman–Crippen MR) is 119 cm³/mol. The topological polar surface area (TPSA) is 64.4 Å². The molecule has 2 aliphatic carbocycles. The Hall–Kier alpha value is -2.58. The van der Waals surface area contributed by atoms with Crippen molar-refractivity contribution in [3.8, 4) is 12.3 Å². The van der Waals surface area contributed by atoms with Gasteiger partial charge >= 0.3 is 0 Å². The maximum atomic E-state index is 13.0. The lowest BCUT2D eigenvalue weighted by atomic mass is 9.80. The Morgan fingerprint density at radius 1 is 1.23 bits per heavy atom. The summed E-state index contributed by atoms with van der Waals surface area (Å²) in [4.78, 5) is 13.0. The molecule has 2 fully saturated rings. The normalized spacial score (nSPS) is 17.8. The van der Waals surface area contributed by atoms with Crippen LogP contribution < -0.4 is 5.32 Å². The van der Waals surface area contributed by atoms with Gasteiger partial charge in [0.15, 0.2) is 5.69 Å². The van der Waals surface area contributed by atoms with Crippen molar-refractivity contribution < 1.29 is 14.1 Å². The van der Waals surface area contributed by atoms with Crippen molar-refractivity contribution in [2.45, 2.75) is 76.4 Å². The summed E-state index contributed by atoms with van der Waals surface area (Å²) in [5.74, 6) is 4.20. The quantitative estimate of drug-likeness (QED) is 0.405. The third-order valence-electron chi connectivity index (χ3n) is 6.34. The van der Waals surface area contributed by atoms with Crippen LogP contribution in [0.4, 0.5) is 0 Å². The lowest BCUT2D eigenvalue weighted by molar-refractivity contribution is 0.0903. The summed E-state index contributed by atoms with van der Waals surface area (Å²) < 4.78 is 11.2. The highest BCUT2D eigenvalue weighted by atomic mass is 16.5. The van der Waals surface area contributed by atoms with Crippen LogP contribution >= 0.6 is 0 Å². The molecule has 4 rings (SSSR count). The van der Waals surface area contributed by atoms with E-state index in [4.69, 9.17) is 15.7 Å². The largest absolute Gasteiger partial charge is 0.377 e. The van der Waals surface area contributed by atoms with Gasteiger partial charge in [-0.3, -0.25) is 4.79 Å². The van der Waals surface area contributed by atoms with Gasteiger partial charge in [-0.05, 0) is 49.1 Å². The molecule has 1 aromatic carbocycles. The van der Waals surface area contributed by atoms with Crippen LogP contribution in [-0.2, 0) is 11.3 Å². The maximum Gasteiger partial charge on any atom is 0.273 e. The maximum absolute atomic E-state index is 13.0. The average molecular weight is 421 g/mol. The van der Waals surface area contributed by atoms with Crippen LogP contribution in [0.3, 0.4) is 0 Å². The molecule has 5 heteroatoms. The summed E-state index contributed by atoms with van der Waals surface area (Å²) in [5, 5.41) is 7.31. The minimum atomic E-state index is -0.151. The Labute approximate surface area is 184 Å². The highest BCUT2D eigenvalue weighted by Crippen LogP contribution is 2.40. The minimum Gasteiger partial charge on any atom is -0.377 e. The zero-order chi connectivity index (χ0) is 21.5. The van der Waals surface area contributed by atoms with E-state index in [9.17, 15) is 4.79 Å². The molecule has 0 bridgehead atoms. The molecule has 2 aliphatic rings. The Balaban J connectivity index is 1.46. The first kappa shape index (κ1) is 21.6. The smallest absolute Gasteiger partial charge is 0.273 e. The molecule has 2 saturated carbocycles. The van der Waals surface area contributed by atoms with Gasteiger partial charge in [0.1, 0.15) is 5.76 Å². The molecule has 1 amide bonds. The number of nitrogens with one attached hydrogen (secondary N) is 1. The third-order valence-corrected chi connectivity index (χ3v) is 6.34. The molecular weight excluding hydrogens is 388 g/mol. The molecule has 2 aromatic rings. The number of aromatic nitrogens is 1. The number of hydrogen-bond donors (Lipinski definition) is 1. The fraction of sp³-hybridized carbons (Fsp3) is 0.538. The Morgan fingerprint density at radius 3 is 2.84 bits per heavy atom. The molecule has 164 valence electrons. The summed E-state index contributed by atoms with van der Waals surface area (Å²) in [5.41, 5.74) is 2.64. The van der Waals surface area contributed by atoms with Crippen molar-refractivity contribution >= 4 is 5.91 Å². The molecule has 1 N–H and O–H groups in total. The molecule has 5 nitrogen and oxygen atoms in total. The van der Waals surface area contributed by atoms with Gasteiger partial charge in [0.25, 0.3) is 5.91 Å². The van der Waals surface area contributed by atoms with Gasteiger partial charge in [-0.15, -0.1) is 12.3 Å². The van der Waals surface area contributed by atoms with Gasteiger partial charge in [0, 0.05) is 25.0 Å². The highest BCUT2D eigenvalue weighted by Gasteiger charge is 2.31. The Morgan fingerprint density at radius 2 is 2.06 bits per heavy atom. The standard InChI is InChI=1S/C26H32N2O3/c1-2-3-7-15-30-18-19-9-8-12-22(16-19)25(21-10-5-4-6-11-21)27-26(29)23-17-24(31-28-23)20-13-14-20/h1,8-9,12,16-17,20-21,25H,3-7,10-11,13-15,18H2,(H,27,29). The van der Waals surface area contributed by atoms with E-state index in [2.05, 4.69) is 40.7 Å². The zero-order valence-corrected chi connectivity index (χ0v) is 18.1. The number of amides is 1. The first-order chi connectivity index (χ1) is 15.2. The lowest BCUT2D eigenvalue weighted by Gasteiger charge is -2.31. The van der Waals surface area contributed by atoms with Crippen molar-refractivity contribution in [3.05, 3.63) is 52.9 Å². The van der Waals surface area contributed by atoms with Gasteiger partial charge in [-0.25, -0.2) is 0 Å². The Kier molecular flexibility index (Phi) is 7.43. The van der Waals surface area contributed by atoms with Gasteiger partial charge in [-0.1, -0.05) is 48.7 Å². The predicted octanol–water partition coefficient (Wildman–Crippen LogP) is 5.53. The molecule has 1 aromatic heterocycles. The highest BCUT2D eigenvalue weighted by molar-refractivity contribution is 5.92. The number of hydrogen-bond acceptors (Lipinski definition) is 4. The van der Waals surface area contributed by atoms with E-state index in [0.717, 1.165) is 55.4 Å². The van der Waals surface area contributed by atoms with Crippen LogP contribution in [0.15, 0.2) is 34.9 Å². The van der Waals surface area contributed by atoms with E-state index < -0.39 is 0 Å². The van der Waals surface area contributed by atoms with E-state index in [1.807, 2.05) is 6.07 Å². The van der Waals surface area contributed by atoms with Crippen molar-refractivity contribution in [2.24, 2.45) is 5.92 Å². The molecule has 0 saturated heterocycles. The molecule has 1 heterocycles. The van der Waals surface area contributed by atoms with E-state index in [1.165, 1.54) is 19.3 Å². The number of rotatable bonds is 10. The zero-order valence-electron chi connectivity index (χ0n) is 18.1. The van der Waals surface area contributed by atoms with Crippen LogP contribution in [0.2, 0.25) is 0 Å². The van der Waals surface area contributed by atoms with E-state index >= 15 is 0 Å². The van der Waals surface area contributed by atoms with Crippen molar-refractivity contribution in [3.63, 3.8) is 0 Å². The van der Waals surface area contributed by atoms with Crippen LogP contribution in [0.25, 0.3) is 0 Å². The minimum absolute atomic E-state index is 0.0322. The number of terminal acetylenes is 1. The first-order valence-electron chi connectivity index (χ1n) is 11.6. The molecular formula is C26H32N2O3. The van der Waals surface area contributed by atoms with Crippen molar-refractivity contribution in [2.75, 3.05) is 6.61 Å². The summed E-state index contributed by atoms with van der Waals surface area (Å²) in [6, 6.07) is 10.2. The third kappa shape index (κ3) is 5.98. The fourth-order valence-corrected chi connectivity index (χ4v) is 4.46. The number of unbranched alkanes of at least 4 members (excludes halogenated alkanes) is 1. The number of carbonyl (C=O) groups is 1. The summed E-state index contributed by atoms with van der Waals surface area (Å²) in [7, 11) is 0. The van der Waals surface area contributed by atoms with E-state index in [-0.39, 0.29) is 11.9 Å². The van der Waals surface area contributed by atoms with Crippen LogP contribution in [0.1, 0.15) is 97.1 Å². The molecule has 0 aliphatic heterocycles. The second-order valence-corrected chi connectivity index (χ2v) is 8.84. The number of carbonyl (C=O) groups excluding carboxylic acids is 1. The monoisotopic (exact) mass is 420 g/mol. The number of nitrogens with zero attached hydrogens (tertiary/aromatic N) is 1. The van der Waals surface area contributed by atoms with Gasteiger partial charge in [0.2, 0.25) is 0 Å². The average Bonchev–Trinajstić information content (AvgIpc) is 3.54. The SMILES string of the molecule is C#CCCCOCc1cccc(C(NC(=O)c2cc(C3CC3)on2)C2CCCCC2)c1. The fourth-order valence-electron chi connectivity index (χ4n) is 4.46. The summed E-state index contributed by atoms with van der Waals surface area (Å²) in [6.07, 6.45) is 15.1. The summed E-state index contributed by atoms with van der Waals surface area (Å²) in [6.45, 7) is 1.21. The van der Waals surface area contributed by atoms with Crippen molar-refractivity contribution in [1.82, 2.24) is 10.5 Å². The van der Waals surface area contributed by atoms with Gasteiger partial charge < -0.3 is 14.6 Å². The molecule has 0 spiro atoms. The van der Waals surface area contributed by atoms with E-state index in [0.29, 0.717) is 30.7 Å². The lowest BCUT2D eigenvalue weighted by Crippen LogP contribution is -2.34. The second-order valence-electron chi connectivity index (χ2n) is 8.84.